The highest BCUT2D eigenvalue weighted by Gasteiger charge is 2.22. The molecule has 1 aliphatic carbocycles. The molecule has 0 aliphatic heterocycles. The minimum absolute atomic E-state index is 0.251. The number of aryl methyl sites for hydroxylation is 1. The van der Waals surface area contributed by atoms with Crippen molar-refractivity contribution in [2.24, 2.45) is 0 Å². The van der Waals surface area contributed by atoms with Crippen LogP contribution in [0, 0.1) is 26.2 Å². The lowest BCUT2D eigenvalue weighted by molar-refractivity contribution is 0.439. The van der Waals surface area contributed by atoms with Crippen molar-refractivity contribution in [2.75, 3.05) is 20.6 Å². The first-order valence-electron chi connectivity index (χ1n) is 9.17. The molecule has 0 amide bonds. The summed E-state index contributed by atoms with van der Waals surface area (Å²) in [6.07, 6.45) is 6.61. The van der Waals surface area contributed by atoms with Gasteiger partial charge in [0.05, 0.1) is 5.71 Å². The molecule has 2 nitrogen and oxygen atoms in total. The molecule has 134 valence electrons. The Balaban J connectivity index is 2.03. The molecule has 1 aliphatic rings. The van der Waals surface area contributed by atoms with E-state index in [1.54, 1.807) is 0 Å². The number of likely N-dealkylation sites (N-methyl/N-ethyl adjacent to an activating group) is 1. The van der Waals surface area contributed by atoms with Crippen molar-refractivity contribution in [1.29, 1.82) is 5.41 Å². The molecule has 26 heavy (non-hydrogen) atoms. The van der Waals surface area contributed by atoms with Gasteiger partial charge < -0.3 is 4.90 Å². The van der Waals surface area contributed by atoms with E-state index in [-0.39, 0.29) is 5.92 Å². The first-order valence-corrected chi connectivity index (χ1v) is 9.17. The van der Waals surface area contributed by atoms with Crippen molar-refractivity contribution in [2.45, 2.75) is 26.7 Å². The fourth-order valence-corrected chi connectivity index (χ4v) is 3.71. The van der Waals surface area contributed by atoms with Gasteiger partial charge in [-0.25, -0.2) is 0 Å². The summed E-state index contributed by atoms with van der Waals surface area (Å²) in [5.41, 5.74) is 9.03. The van der Waals surface area contributed by atoms with E-state index in [0.29, 0.717) is 5.71 Å². The summed E-state index contributed by atoms with van der Waals surface area (Å²) in [5.74, 6) is 0.251. The van der Waals surface area contributed by atoms with Crippen LogP contribution in [0.15, 0.2) is 60.2 Å². The molecular formula is C24H28N2. The lowest BCUT2D eigenvalue weighted by atomic mass is 9.85. The van der Waals surface area contributed by atoms with E-state index in [9.17, 15) is 0 Å². The number of benzene rings is 2. The van der Waals surface area contributed by atoms with Gasteiger partial charge in [0, 0.05) is 23.6 Å². The monoisotopic (exact) mass is 344 g/mol. The van der Waals surface area contributed by atoms with Gasteiger partial charge in [-0.1, -0.05) is 54.6 Å². The van der Waals surface area contributed by atoms with Crippen LogP contribution in [0.3, 0.4) is 0 Å². The van der Waals surface area contributed by atoms with Crippen LogP contribution in [-0.4, -0.2) is 31.3 Å². The molecule has 2 heteroatoms. The summed E-state index contributed by atoms with van der Waals surface area (Å²) in [5, 5.41) is 8.94. The molecule has 0 saturated heterocycles. The predicted molar refractivity (Wildman–Crippen MR) is 112 cm³/mol. The van der Waals surface area contributed by atoms with E-state index < -0.39 is 0 Å². The Morgan fingerprint density at radius 1 is 0.962 bits per heavy atom. The van der Waals surface area contributed by atoms with Gasteiger partial charge in [-0.2, -0.15) is 0 Å². The average molecular weight is 345 g/mol. The first-order chi connectivity index (χ1) is 12.4. The minimum Gasteiger partial charge on any atom is -0.305 e. The van der Waals surface area contributed by atoms with Crippen molar-refractivity contribution in [1.82, 2.24) is 4.90 Å². The molecule has 0 bridgehead atoms. The first kappa shape index (κ1) is 18.3. The smallest absolute Gasteiger partial charge is 0.0690 e. The third-order valence-corrected chi connectivity index (χ3v) is 5.40. The van der Waals surface area contributed by atoms with Gasteiger partial charge in [0.2, 0.25) is 0 Å². The third kappa shape index (κ3) is 3.42. The molecule has 1 atom stereocenters. The Morgan fingerprint density at radius 3 is 2.42 bits per heavy atom. The maximum atomic E-state index is 8.94. The molecule has 3 rings (SSSR count). The van der Waals surface area contributed by atoms with Crippen molar-refractivity contribution in [3.63, 3.8) is 0 Å². The summed E-state index contributed by atoms with van der Waals surface area (Å²) < 4.78 is 0. The fraction of sp³-hybridized carbons (Fsp3) is 0.292. The van der Waals surface area contributed by atoms with Crippen molar-refractivity contribution in [3.05, 3.63) is 93.6 Å². The van der Waals surface area contributed by atoms with Crippen LogP contribution < -0.4 is 0 Å². The van der Waals surface area contributed by atoms with Crippen molar-refractivity contribution in [3.8, 4) is 0 Å². The number of nitrogens with zero attached hydrogens (tertiary/aromatic N) is 1. The number of hydrogen-bond acceptors (Lipinski definition) is 2. The van der Waals surface area contributed by atoms with Crippen molar-refractivity contribution < 1.29 is 0 Å². The number of hydrogen-bond donors (Lipinski definition) is 1. The van der Waals surface area contributed by atoms with Crippen LogP contribution in [0.1, 0.15) is 39.3 Å². The quantitative estimate of drug-likeness (QED) is 0.744. The second-order valence-electron chi connectivity index (χ2n) is 7.48. The van der Waals surface area contributed by atoms with E-state index in [4.69, 9.17) is 5.41 Å². The molecule has 1 unspecified atom stereocenters. The van der Waals surface area contributed by atoms with Crippen LogP contribution in [0.4, 0.5) is 0 Å². The van der Waals surface area contributed by atoms with E-state index in [1.165, 1.54) is 27.8 Å². The zero-order chi connectivity index (χ0) is 18.8. The molecule has 0 spiro atoms. The summed E-state index contributed by atoms with van der Waals surface area (Å²) in [4.78, 5) is 2.20. The molecule has 0 fully saturated rings. The van der Waals surface area contributed by atoms with Gasteiger partial charge in [-0.3, -0.25) is 5.41 Å². The van der Waals surface area contributed by atoms with E-state index in [2.05, 4.69) is 88.3 Å². The van der Waals surface area contributed by atoms with E-state index >= 15 is 0 Å². The number of rotatable bonds is 5. The predicted octanol–water partition coefficient (Wildman–Crippen LogP) is 5.17. The summed E-state index contributed by atoms with van der Waals surface area (Å²) >= 11 is 0. The Kier molecular flexibility index (Phi) is 5.24. The van der Waals surface area contributed by atoms with Crippen LogP contribution in [0.25, 0.3) is 0 Å². The largest absolute Gasteiger partial charge is 0.305 e. The summed E-state index contributed by atoms with van der Waals surface area (Å²) in [7, 11) is 4.20. The lowest BCUT2D eigenvalue weighted by Gasteiger charge is -2.22. The Hall–Kier alpha value is -2.45. The maximum absolute atomic E-state index is 8.94. The molecular weight excluding hydrogens is 316 g/mol. The normalized spacial score (nSPS) is 16.2. The Morgan fingerprint density at radius 2 is 1.69 bits per heavy atom. The Labute approximate surface area is 157 Å². The van der Waals surface area contributed by atoms with Crippen molar-refractivity contribution >= 4 is 5.71 Å². The molecule has 0 radical (unpaired) electrons. The summed E-state index contributed by atoms with van der Waals surface area (Å²) in [6.45, 7) is 7.33. The van der Waals surface area contributed by atoms with Gasteiger partial charge in [-0.15, -0.1) is 0 Å². The SMILES string of the molecule is Cc1ccc(C(=N)c2ccccc2C2C=CC=C2CN(C)C)c(C)c1C. The second-order valence-corrected chi connectivity index (χ2v) is 7.48. The van der Waals surface area contributed by atoms with E-state index in [0.717, 1.165) is 17.7 Å². The highest BCUT2D eigenvalue weighted by atomic mass is 15.0. The van der Waals surface area contributed by atoms with Crippen LogP contribution >= 0.6 is 0 Å². The van der Waals surface area contributed by atoms with E-state index in [1.807, 2.05) is 6.07 Å². The highest BCUT2D eigenvalue weighted by Crippen LogP contribution is 2.34. The van der Waals surface area contributed by atoms with Crippen LogP contribution in [0.5, 0.6) is 0 Å². The number of allylic oxidation sites excluding steroid dienone is 3. The van der Waals surface area contributed by atoms with Crippen LogP contribution in [-0.2, 0) is 0 Å². The van der Waals surface area contributed by atoms with Gasteiger partial charge in [-0.05, 0) is 62.7 Å². The standard InChI is InChI=1S/C24H28N2/c1-16-13-14-20(18(3)17(16)2)24(25)23-11-7-6-10-22(23)21-12-8-9-19(21)15-26(4)5/h6-14,21,25H,15H2,1-5H3. The molecule has 0 saturated carbocycles. The highest BCUT2D eigenvalue weighted by molar-refractivity contribution is 6.13. The zero-order valence-corrected chi connectivity index (χ0v) is 16.4. The molecule has 0 aromatic heterocycles. The van der Waals surface area contributed by atoms with Gasteiger partial charge in [0.1, 0.15) is 0 Å². The Bertz CT molecular complexity index is 900. The van der Waals surface area contributed by atoms with Crippen LogP contribution in [0.2, 0.25) is 0 Å². The number of nitrogens with one attached hydrogen (secondary N) is 1. The maximum Gasteiger partial charge on any atom is 0.0690 e. The molecule has 0 heterocycles. The van der Waals surface area contributed by atoms with Gasteiger partial charge in [0.25, 0.3) is 0 Å². The second kappa shape index (κ2) is 7.43. The molecule has 2 aromatic carbocycles. The fourth-order valence-electron chi connectivity index (χ4n) is 3.71. The lowest BCUT2D eigenvalue weighted by Crippen LogP contribution is -2.18. The average Bonchev–Trinajstić information content (AvgIpc) is 3.06. The van der Waals surface area contributed by atoms with Gasteiger partial charge in [0.15, 0.2) is 0 Å². The summed E-state index contributed by atoms with van der Waals surface area (Å²) in [6, 6.07) is 12.6. The third-order valence-electron chi connectivity index (χ3n) is 5.40. The minimum atomic E-state index is 0.251. The van der Waals surface area contributed by atoms with Gasteiger partial charge >= 0.3 is 0 Å². The topological polar surface area (TPSA) is 27.1 Å². The molecule has 1 N–H and O–H groups in total. The molecule has 2 aromatic rings. The zero-order valence-electron chi connectivity index (χ0n) is 16.4.